The molecule has 7 heteroatoms. The van der Waals surface area contributed by atoms with Crippen LogP contribution in [-0.4, -0.2) is 37.1 Å². The number of hydrogen-bond donors (Lipinski definition) is 0. The number of benzene rings is 2. The van der Waals surface area contributed by atoms with Crippen molar-refractivity contribution in [3.63, 3.8) is 0 Å². The molecule has 1 fully saturated rings. The van der Waals surface area contributed by atoms with Gasteiger partial charge in [0.2, 0.25) is 5.91 Å². The van der Waals surface area contributed by atoms with Crippen LogP contribution in [0, 0.1) is 0 Å². The lowest BCUT2D eigenvalue weighted by Gasteiger charge is -2.34. The third-order valence-electron chi connectivity index (χ3n) is 5.81. The zero-order chi connectivity index (χ0) is 19.4. The Morgan fingerprint density at radius 1 is 1.03 bits per heavy atom. The molecule has 0 saturated carbocycles. The first-order valence-electron chi connectivity index (χ1n) is 9.95. The molecule has 0 aliphatic carbocycles. The normalized spacial score (nSPS) is 20.8. The second-order valence-electron chi connectivity index (χ2n) is 7.59. The summed E-state index contributed by atoms with van der Waals surface area (Å²) >= 11 is 0. The first-order valence-corrected chi connectivity index (χ1v) is 9.95. The molecular weight excluding hydrogens is 366 g/mol. The van der Waals surface area contributed by atoms with Crippen LogP contribution in [0.25, 0.3) is 22.5 Å². The third kappa shape index (κ3) is 2.57. The van der Waals surface area contributed by atoms with E-state index >= 15 is 0 Å². The first-order chi connectivity index (χ1) is 14.3. The molecule has 2 unspecified atom stereocenters. The van der Waals surface area contributed by atoms with Crippen molar-refractivity contribution in [1.82, 2.24) is 24.6 Å². The maximum atomic E-state index is 13.3. The van der Waals surface area contributed by atoms with Crippen LogP contribution in [0.15, 0.2) is 59.0 Å². The van der Waals surface area contributed by atoms with Crippen LogP contribution in [0.2, 0.25) is 0 Å². The Balaban J connectivity index is 1.44. The van der Waals surface area contributed by atoms with Gasteiger partial charge in [0.25, 0.3) is 0 Å². The van der Waals surface area contributed by atoms with Crippen LogP contribution in [0.5, 0.6) is 0 Å². The molecule has 1 saturated heterocycles. The summed E-state index contributed by atoms with van der Waals surface area (Å²) in [6, 6.07) is 17.1. The lowest BCUT2D eigenvalue weighted by Crippen LogP contribution is -2.44. The van der Waals surface area contributed by atoms with Crippen molar-refractivity contribution in [2.24, 2.45) is 0 Å². The Kier molecular flexibility index (Phi) is 3.56. The molecule has 2 aliphatic rings. The smallest absolute Gasteiger partial charge is 0.248 e. The summed E-state index contributed by atoms with van der Waals surface area (Å²) in [7, 11) is 0. The molecular formula is C22H19N5O2. The molecule has 4 heterocycles. The van der Waals surface area contributed by atoms with E-state index in [0.717, 1.165) is 41.9 Å². The maximum absolute atomic E-state index is 13.3. The minimum atomic E-state index is -0.489. The van der Waals surface area contributed by atoms with Crippen molar-refractivity contribution < 1.29 is 9.21 Å². The molecule has 0 N–H and O–H groups in total. The molecule has 144 valence electrons. The topological polar surface area (TPSA) is 77.0 Å². The highest BCUT2D eigenvalue weighted by Crippen LogP contribution is 2.39. The summed E-state index contributed by atoms with van der Waals surface area (Å²) in [5, 5.41) is 4.75. The number of aromatic nitrogens is 4. The average Bonchev–Trinajstić information content (AvgIpc) is 3.48. The molecule has 0 bridgehead atoms. The monoisotopic (exact) mass is 385 g/mol. The molecule has 29 heavy (non-hydrogen) atoms. The third-order valence-corrected chi connectivity index (χ3v) is 5.81. The quantitative estimate of drug-likeness (QED) is 0.539. The number of hydrogen-bond acceptors (Lipinski definition) is 5. The molecule has 6 rings (SSSR count). The van der Waals surface area contributed by atoms with Crippen LogP contribution < -0.4 is 0 Å². The van der Waals surface area contributed by atoms with Crippen LogP contribution in [0.3, 0.4) is 0 Å². The zero-order valence-corrected chi connectivity index (χ0v) is 15.7. The van der Waals surface area contributed by atoms with Gasteiger partial charge in [0.15, 0.2) is 23.1 Å². The van der Waals surface area contributed by atoms with Crippen LogP contribution >= 0.6 is 0 Å². The molecule has 7 nitrogen and oxygen atoms in total. The molecule has 4 aromatic rings. The van der Waals surface area contributed by atoms with Gasteiger partial charge >= 0.3 is 0 Å². The predicted octanol–water partition coefficient (Wildman–Crippen LogP) is 3.55. The predicted molar refractivity (Wildman–Crippen MR) is 106 cm³/mol. The van der Waals surface area contributed by atoms with Crippen molar-refractivity contribution in [1.29, 1.82) is 0 Å². The number of nitrogens with zero attached hydrogens (tertiary/aromatic N) is 5. The van der Waals surface area contributed by atoms with E-state index < -0.39 is 6.04 Å². The van der Waals surface area contributed by atoms with E-state index in [2.05, 4.69) is 4.98 Å². The number of carbonyl (C=O) groups is 1. The Morgan fingerprint density at radius 3 is 2.72 bits per heavy atom. The molecule has 2 atom stereocenters. The van der Waals surface area contributed by atoms with Gasteiger partial charge in [0, 0.05) is 12.1 Å². The van der Waals surface area contributed by atoms with Crippen molar-refractivity contribution in [3.05, 3.63) is 66.3 Å². The highest BCUT2D eigenvalue weighted by Gasteiger charge is 2.44. The molecule has 0 radical (unpaired) electrons. The van der Waals surface area contributed by atoms with E-state index in [4.69, 9.17) is 14.5 Å². The largest absolute Gasteiger partial charge is 0.441 e. The number of rotatable bonds is 3. The summed E-state index contributed by atoms with van der Waals surface area (Å²) < 4.78 is 7.71. The molecule has 2 aliphatic heterocycles. The molecule has 2 aromatic heterocycles. The van der Waals surface area contributed by atoms with Gasteiger partial charge in [0.05, 0.1) is 12.5 Å². The average molecular weight is 385 g/mol. The van der Waals surface area contributed by atoms with Gasteiger partial charge in [-0.1, -0.05) is 42.5 Å². The van der Waals surface area contributed by atoms with Crippen molar-refractivity contribution in [3.8, 4) is 11.4 Å². The molecule has 2 aromatic carbocycles. The maximum Gasteiger partial charge on any atom is 0.248 e. The summed E-state index contributed by atoms with van der Waals surface area (Å²) in [5.74, 6) is 2.14. The van der Waals surface area contributed by atoms with Crippen LogP contribution in [-0.2, 0) is 11.2 Å². The number of fused-ring (bicyclic) bond motifs is 4. The molecule has 1 amide bonds. The number of carbonyl (C=O) groups excluding carboxylic acids is 1. The minimum Gasteiger partial charge on any atom is -0.441 e. The number of oxazole rings is 1. The second-order valence-corrected chi connectivity index (χ2v) is 7.59. The summed E-state index contributed by atoms with van der Waals surface area (Å²) in [6.07, 6.45) is 2.27. The fourth-order valence-electron chi connectivity index (χ4n) is 4.44. The van der Waals surface area contributed by atoms with Gasteiger partial charge in [-0.05, 0) is 25.0 Å². The Labute approximate surface area is 167 Å². The lowest BCUT2D eigenvalue weighted by molar-refractivity contribution is -0.138. The van der Waals surface area contributed by atoms with Gasteiger partial charge in [-0.15, -0.1) is 5.10 Å². The standard InChI is InChI=1S/C22H19N5O2/c28-22-17(13-19-23-15-9-4-5-11-18(15)29-19)27-21(16-10-6-12-26(16)22)24-20(25-27)14-7-2-1-3-8-14/h1-5,7-9,11,16-17H,6,10,12-13H2. The van der Waals surface area contributed by atoms with Crippen molar-refractivity contribution >= 4 is 17.0 Å². The lowest BCUT2D eigenvalue weighted by atomic mass is 10.1. The fourth-order valence-corrected chi connectivity index (χ4v) is 4.44. The van der Waals surface area contributed by atoms with E-state index in [0.29, 0.717) is 18.1 Å². The highest BCUT2D eigenvalue weighted by molar-refractivity contribution is 5.83. The SMILES string of the molecule is O=C1C(Cc2nc3ccccc3o2)n2nc(-c3ccccc3)nc2C2CCCN12. The van der Waals surface area contributed by atoms with Gasteiger partial charge in [-0.25, -0.2) is 14.6 Å². The summed E-state index contributed by atoms with van der Waals surface area (Å²) in [4.78, 5) is 24.7. The van der Waals surface area contributed by atoms with Gasteiger partial charge in [-0.3, -0.25) is 4.79 Å². The van der Waals surface area contributed by atoms with Gasteiger partial charge < -0.3 is 9.32 Å². The highest BCUT2D eigenvalue weighted by atomic mass is 16.3. The number of amides is 1. The first kappa shape index (κ1) is 16.5. The van der Waals surface area contributed by atoms with Crippen LogP contribution in [0.4, 0.5) is 0 Å². The van der Waals surface area contributed by atoms with E-state index in [9.17, 15) is 4.79 Å². The van der Waals surface area contributed by atoms with E-state index in [1.807, 2.05) is 64.2 Å². The fraction of sp³-hybridized carbons (Fsp3) is 0.273. The number of para-hydroxylation sites is 2. The minimum absolute atomic E-state index is 0.00680. The zero-order valence-electron chi connectivity index (χ0n) is 15.7. The van der Waals surface area contributed by atoms with E-state index in [-0.39, 0.29) is 11.9 Å². The van der Waals surface area contributed by atoms with E-state index in [1.54, 1.807) is 0 Å². The van der Waals surface area contributed by atoms with Crippen LogP contribution in [0.1, 0.15) is 36.6 Å². The Bertz CT molecular complexity index is 1180. The summed E-state index contributed by atoms with van der Waals surface area (Å²) in [5.41, 5.74) is 2.48. The second kappa shape index (κ2) is 6.27. The van der Waals surface area contributed by atoms with E-state index in [1.165, 1.54) is 0 Å². The van der Waals surface area contributed by atoms with Gasteiger partial charge in [0.1, 0.15) is 11.6 Å². The Hall–Kier alpha value is -3.48. The van der Waals surface area contributed by atoms with Crippen molar-refractivity contribution in [2.45, 2.75) is 31.3 Å². The molecule has 0 spiro atoms. The Morgan fingerprint density at radius 2 is 1.86 bits per heavy atom. The van der Waals surface area contributed by atoms with Gasteiger partial charge in [-0.2, -0.15) is 0 Å². The summed E-state index contributed by atoms with van der Waals surface area (Å²) in [6.45, 7) is 0.765. The van der Waals surface area contributed by atoms with Crippen molar-refractivity contribution in [2.75, 3.05) is 6.54 Å².